The maximum Gasteiger partial charge on any atom is 0.255 e. The highest BCUT2D eigenvalue weighted by Gasteiger charge is 2.21. The number of carbonyl (C=O) groups excluding carboxylic acids is 1. The third-order valence-corrected chi connectivity index (χ3v) is 2.47. The van der Waals surface area contributed by atoms with Crippen LogP contribution in [0, 0.1) is 0 Å². The molecule has 0 bridgehead atoms. The van der Waals surface area contributed by atoms with Crippen LogP contribution in [0.25, 0.3) is 0 Å². The largest absolute Gasteiger partial charge is 0.332 e. The van der Waals surface area contributed by atoms with E-state index in [0.717, 1.165) is 4.90 Å². The van der Waals surface area contributed by atoms with Crippen molar-refractivity contribution in [2.75, 3.05) is 19.0 Å². The topological polar surface area (TPSA) is 33.2 Å². The van der Waals surface area contributed by atoms with Gasteiger partial charge in [0.2, 0.25) is 0 Å². The third-order valence-electron chi connectivity index (χ3n) is 2.00. The van der Waals surface area contributed by atoms with Crippen LogP contribution in [-0.4, -0.2) is 41.2 Å². The first-order valence-corrected chi connectivity index (χ1v) is 5.70. The van der Waals surface area contributed by atoms with Crippen LogP contribution in [0.2, 0.25) is 5.02 Å². The molecule has 0 aliphatic rings. The number of amides is 1. The number of alkyl halides is 3. The zero-order chi connectivity index (χ0) is 12.8. The zero-order valence-electron chi connectivity index (χ0n) is 8.75. The van der Waals surface area contributed by atoms with Crippen molar-refractivity contribution in [3.05, 3.63) is 29.0 Å². The third kappa shape index (κ3) is 4.09. The Morgan fingerprint density at radius 2 is 2.24 bits per heavy atom. The Morgan fingerprint density at radius 3 is 2.76 bits per heavy atom. The molecule has 0 aromatic carbocycles. The number of nitrogens with zero attached hydrogens (tertiary/aromatic N) is 2. The van der Waals surface area contributed by atoms with Crippen molar-refractivity contribution >= 4 is 29.1 Å². The molecule has 0 saturated heterocycles. The van der Waals surface area contributed by atoms with Crippen LogP contribution < -0.4 is 0 Å². The molecule has 0 aliphatic carbocycles. The van der Waals surface area contributed by atoms with Crippen molar-refractivity contribution in [3.63, 3.8) is 0 Å². The predicted octanol–water partition coefficient (Wildman–Crippen LogP) is 2.68. The zero-order valence-corrected chi connectivity index (χ0v) is 10.3. The molecule has 1 amide bonds. The van der Waals surface area contributed by atoms with Gasteiger partial charge < -0.3 is 4.90 Å². The Balaban J connectivity index is 2.88. The summed E-state index contributed by atoms with van der Waals surface area (Å²) >= 11 is 11.2. The minimum absolute atomic E-state index is 0.0450. The first-order valence-electron chi connectivity index (χ1n) is 4.79. The lowest BCUT2D eigenvalue weighted by molar-refractivity contribution is 0.0571. The van der Waals surface area contributed by atoms with Crippen molar-refractivity contribution in [2.24, 2.45) is 0 Å². The molecular weight excluding hydrogens is 273 g/mol. The summed E-state index contributed by atoms with van der Waals surface area (Å²) < 4.78 is 24.6. The molecule has 1 rings (SSSR count). The van der Waals surface area contributed by atoms with Gasteiger partial charge in [0.05, 0.1) is 17.1 Å². The Hall–Kier alpha value is -0.940. The van der Waals surface area contributed by atoms with E-state index in [2.05, 4.69) is 4.98 Å². The molecule has 0 fully saturated rings. The molecule has 0 aliphatic heterocycles. The predicted molar refractivity (Wildman–Crippen MR) is 61.9 cm³/mol. The van der Waals surface area contributed by atoms with Crippen LogP contribution in [0.5, 0.6) is 0 Å². The summed E-state index contributed by atoms with van der Waals surface area (Å²) in [5.74, 6) is -0.486. The average Bonchev–Trinajstić information content (AvgIpc) is 2.28. The second-order valence-corrected chi connectivity index (χ2v) is 3.97. The first-order chi connectivity index (χ1) is 8.06. The highest BCUT2D eigenvalue weighted by atomic mass is 35.5. The van der Waals surface area contributed by atoms with Crippen molar-refractivity contribution in [2.45, 2.75) is 6.43 Å². The number of halogens is 4. The van der Waals surface area contributed by atoms with E-state index in [9.17, 15) is 13.6 Å². The molecule has 17 heavy (non-hydrogen) atoms. The van der Waals surface area contributed by atoms with Gasteiger partial charge in [-0.3, -0.25) is 9.78 Å². The van der Waals surface area contributed by atoms with E-state index in [4.69, 9.17) is 23.2 Å². The van der Waals surface area contributed by atoms with Gasteiger partial charge in [0.1, 0.15) is 0 Å². The fraction of sp³-hybridized carbons (Fsp3) is 0.400. The second-order valence-electron chi connectivity index (χ2n) is 3.19. The molecular formula is C10H10Cl2F2N2O. The van der Waals surface area contributed by atoms with Crippen molar-refractivity contribution in [1.82, 2.24) is 9.88 Å². The molecule has 1 aromatic rings. The molecule has 0 radical (unpaired) electrons. The highest BCUT2D eigenvalue weighted by molar-refractivity contribution is 6.33. The van der Waals surface area contributed by atoms with Gasteiger partial charge in [0, 0.05) is 24.8 Å². The quantitative estimate of drug-likeness (QED) is 0.778. The van der Waals surface area contributed by atoms with Gasteiger partial charge in [0.15, 0.2) is 0 Å². The molecule has 3 nitrogen and oxygen atoms in total. The molecule has 0 spiro atoms. The van der Waals surface area contributed by atoms with E-state index in [1.807, 2.05) is 0 Å². The number of hydrogen-bond acceptors (Lipinski definition) is 2. The van der Waals surface area contributed by atoms with Gasteiger partial charge in [-0.1, -0.05) is 11.6 Å². The van der Waals surface area contributed by atoms with Crippen molar-refractivity contribution in [1.29, 1.82) is 0 Å². The molecule has 0 N–H and O–H groups in total. The van der Waals surface area contributed by atoms with Crippen molar-refractivity contribution in [3.8, 4) is 0 Å². The molecule has 1 aromatic heterocycles. The van der Waals surface area contributed by atoms with Gasteiger partial charge in [-0.15, -0.1) is 11.6 Å². The van der Waals surface area contributed by atoms with E-state index < -0.39 is 18.9 Å². The van der Waals surface area contributed by atoms with Crippen LogP contribution in [0.4, 0.5) is 8.78 Å². The van der Waals surface area contributed by atoms with Gasteiger partial charge in [0.25, 0.3) is 12.3 Å². The fourth-order valence-electron chi connectivity index (χ4n) is 1.26. The van der Waals surface area contributed by atoms with Crippen LogP contribution >= 0.6 is 23.2 Å². The van der Waals surface area contributed by atoms with Crippen LogP contribution in [0.3, 0.4) is 0 Å². The van der Waals surface area contributed by atoms with E-state index >= 15 is 0 Å². The van der Waals surface area contributed by atoms with Gasteiger partial charge in [-0.2, -0.15) is 0 Å². The smallest absolute Gasteiger partial charge is 0.255 e. The molecule has 94 valence electrons. The van der Waals surface area contributed by atoms with Gasteiger partial charge >= 0.3 is 0 Å². The Kier molecular flexibility index (Phi) is 5.58. The average molecular weight is 283 g/mol. The number of hydrogen-bond donors (Lipinski definition) is 0. The highest BCUT2D eigenvalue weighted by Crippen LogP contribution is 2.16. The van der Waals surface area contributed by atoms with E-state index in [1.165, 1.54) is 18.5 Å². The molecule has 0 saturated carbocycles. The Morgan fingerprint density at radius 1 is 1.53 bits per heavy atom. The monoisotopic (exact) mass is 282 g/mol. The Bertz CT molecular complexity index is 390. The summed E-state index contributed by atoms with van der Waals surface area (Å²) in [6.07, 6.45) is 0.0546. The maximum atomic E-state index is 12.3. The molecule has 7 heteroatoms. The number of pyridine rings is 1. The summed E-state index contributed by atoms with van der Waals surface area (Å²) in [4.78, 5) is 16.6. The summed E-state index contributed by atoms with van der Waals surface area (Å²) in [6, 6.07) is 1.39. The van der Waals surface area contributed by atoms with Crippen LogP contribution in [0.15, 0.2) is 18.5 Å². The minimum Gasteiger partial charge on any atom is -0.332 e. The summed E-state index contributed by atoms with van der Waals surface area (Å²) in [5, 5.41) is 0.131. The Labute approximate surface area is 107 Å². The van der Waals surface area contributed by atoms with Crippen LogP contribution in [0.1, 0.15) is 10.4 Å². The fourth-order valence-corrected chi connectivity index (χ4v) is 1.67. The molecule has 0 unspecified atom stereocenters. The van der Waals surface area contributed by atoms with Crippen molar-refractivity contribution < 1.29 is 13.6 Å². The van der Waals surface area contributed by atoms with Gasteiger partial charge in [-0.25, -0.2) is 8.78 Å². The summed E-state index contributed by atoms with van der Waals surface area (Å²) in [6.45, 7) is -0.617. The van der Waals surface area contributed by atoms with E-state index in [1.54, 1.807) is 0 Å². The van der Waals surface area contributed by atoms with Crippen LogP contribution in [-0.2, 0) is 0 Å². The first kappa shape index (κ1) is 14.1. The minimum atomic E-state index is -2.61. The number of aromatic nitrogens is 1. The maximum absolute atomic E-state index is 12.3. The molecule has 0 atom stereocenters. The number of carbonyl (C=O) groups is 1. The second kappa shape index (κ2) is 6.71. The normalized spacial score (nSPS) is 10.6. The lowest BCUT2D eigenvalue weighted by Gasteiger charge is -2.21. The standard InChI is InChI=1S/C10H10Cl2F2N2O/c11-2-4-16(6-9(13)14)10(17)7-1-3-15-5-8(7)12/h1,3,5,9H,2,4,6H2. The summed E-state index contributed by atoms with van der Waals surface area (Å²) in [7, 11) is 0. The SMILES string of the molecule is O=C(c1ccncc1Cl)N(CCCl)CC(F)F. The lowest BCUT2D eigenvalue weighted by atomic mass is 10.2. The molecule has 1 heterocycles. The van der Waals surface area contributed by atoms with Gasteiger partial charge in [-0.05, 0) is 6.07 Å². The lowest BCUT2D eigenvalue weighted by Crippen LogP contribution is -2.36. The number of rotatable bonds is 5. The summed E-state index contributed by atoms with van der Waals surface area (Å²) in [5.41, 5.74) is 0.146. The van der Waals surface area contributed by atoms with E-state index in [-0.39, 0.29) is 23.0 Å². The van der Waals surface area contributed by atoms with E-state index in [0.29, 0.717) is 0 Å².